The maximum Gasteiger partial charge on any atom is 0.0780 e. The second-order valence-electron chi connectivity index (χ2n) is 1.83. The molecule has 1 aromatic heterocycles. The molecule has 0 radical (unpaired) electrons. The van der Waals surface area contributed by atoms with E-state index in [1.54, 1.807) is 23.1 Å². The van der Waals surface area contributed by atoms with E-state index >= 15 is 0 Å². The normalized spacial score (nSPS) is 8.91. The summed E-state index contributed by atoms with van der Waals surface area (Å²) in [5.41, 5.74) is 5.24. The van der Waals surface area contributed by atoms with Gasteiger partial charge in [-0.3, -0.25) is 0 Å². The quantitative estimate of drug-likeness (QED) is 0.530. The van der Waals surface area contributed by atoms with E-state index in [1.165, 1.54) is 4.21 Å². The highest BCUT2D eigenvalue weighted by Gasteiger charge is 1.93. The van der Waals surface area contributed by atoms with E-state index in [1.807, 2.05) is 6.07 Å². The zero-order valence-electron chi connectivity index (χ0n) is 6.26. The monoisotopic (exact) mass is 183 g/mol. The van der Waals surface area contributed by atoms with Crippen molar-refractivity contribution in [1.82, 2.24) is 0 Å². The zero-order valence-corrected chi connectivity index (χ0v) is 7.89. The first-order valence-corrected chi connectivity index (χ1v) is 5.23. The van der Waals surface area contributed by atoms with Crippen LogP contribution in [0.5, 0.6) is 0 Å². The van der Waals surface area contributed by atoms with E-state index in [2.05, 4.69) is 24.2 Å². The van der Waals surface area contributed by atoms with Crippen molar-refractivity contribution in [2.75, 3.05) is 12.8 Å². The Morgan fingerprint density at radius 3 is 3.00 bits per heavy atom. The van der Waals surface area contributed by atoms with E-state index < -0.39 is 0 Å². The standard InChI is InChI=1S/C8H9NS2/c1-10-8-5-4-7(11-8)3-2-6-9/h4-5H,6,9H2,1H3. The fraction of sp³-hybridized carbons (Fsp3) is 0.250. The fourth-order valence-electron chi connectivity index (χ4n) is 0.635. The predicted molar refractivity (Wildman–Crippen MR) is 52.0 cm³/mol. The average molecular weight is 183 g/mol. The molecule has 2 N–H and O–H groups in total. The van der Waals surface area contributed by atoms with Gasteiger partial charge in [0.2, 0.25) is 0 Å². The Bertz CT molecular complexity index is 280. The number of thiophene rings is 1. The van der Waals surface area contributed by atoms with Crippen molar-refractivity contribution in [3.63, 3.8) is 0 Å². The second-order valence-corrected chi connectivity index (χ2v) is 4.02. The van der Waals surface area contributed by atoms with Crippen LogP contribution in [0.15, 0.2) is 16.3 Å². The van der Waals surface area contributed by atoms with Crippen molar-refractivity contribution in [3.8, 4) is 11.8 Å². The van der Waals surface area contributed by atoms with Crippen LogP contribution < -0.4 is 5.73 Å². The minimum Gasteiger partial charge on any atom is -0.320 e. The van der Waals surface area contributed by atoms with Gasteiger partial charge in [-0.05, 0) is 18.4 Å². The van der Waals surface area contributed by atoms with Gasteiger partial charge < -0.3 is 5.73 Å². The van der Waals surface area contributed by atoms with Crippen LogP contribution in [0.3, 0.4) is 0 Å². The van der Waals surface area contributed by atoms with Crippen molar-refractivity contribution >= 4 is 23.1 Å². The van der Waals surface area contributed by atoms with Crippen LogP contribution in [0.4, 0.5) is 0 Å². The number of hydrogen-bond acceptors (Lipinski definition) is 3. The molecule has 0 saturated heterocycles. The second kappa shape index (κ2) is 4.45. The Kier molecular flexibility index (Phi) is 3.50. The molecule has 1 nitrogen and oxygen atoms in total. The van der Waals surface area contributed by atoms with Crippen LogP contribution in [-0.2, 0) is 0 Å². The third kappa shape index (κ3) is 2.58. The van der Waals surface area contributed by atoms with Gasteiger partial charge >= 0.3 is 0 Å². The third-order valence-corrected chi connectivity index (χ3v) is 3.18. The predicted octanol–water partition coefficient (Wildman–Crippen LogP) is 1.78. The maximum absolute atomic E-state index is 5.24. The fourth-order valence-corrected chi connectivity index (χ4v) is 2.05. The highest BCUT2D eigenvalue weighted by Crippen LogP contribution is 2.24. The summed E-state index contributed by atoms with van der Waals surface area (Å²) in [5, 5.41) is 0. The summed E-state index contributed by atoms with van der Waals surface area (Å²) >= 11 is 3.45. The van der Waals surface area contributed by atoms with Crippen LogP contribution in [0, 0.1) is 11.8 Å². The SMILES string of the molecule is CSc1ccc(C#CCN)s1. The molecule has 3 heteroatoms. The lowest BCUT2D eigenvalue weighted by Crippen LogP contribution is -1.92. The van der Waals surface area contributed by atoms with Gasteiger partial charge in [0.1, 0.15) is 0 Å². The highest BCUT2D eigenvalue weighted by molar-refractivity contribution is 8.00. The summed E-state index contributed by atoms with van der Waals surface area (Å²) in [6, 6.07) is 4.11. The van der Waals surface area contributed by atoms with Crippen molar-refractivity contribution in [2.45, 2.75) is 4.21 Å². The molecule has 0 amide bonds. The van der Waals surface area contributed by atoms with Crippen molar-refractivity contribution in [3.05, 3.63) is 17.0 Å². The van der Waals surface area contributed by atoms with Gasteiger partial charge in [0.25, 0.3) is 0 Å². The molecular weight excluding hydrogens is 174 g/mol. The first-order chi connectivity index (χ1) is 5.36. The summed E-state index contributed by atoms with van der Waals surface area (Å²) < 4.78 is 1.30. The number of thioether (sulfide) groups is 1. The van der Waals surface area contributed by atoms with Gasteiger partial charge in [0, 0.05) is 0 Å². The highest BCUT2D eigenvalue weighted by atomic mass is 32.2. The molecular formula is C8H9NS2. The molecule has 0 aliphatic heterocycles. The van der Waals surface area contributed by atoms with Gasteiger partial charge in [0.15, 0.2) is 0 Å². The Morgan fingerprint density at radius 1 is 1.64 bits per heavy atom. The molecule has 11 heavy (non-hydrogen) atoms. The Hall–Kier alpha value is -0.430. The van der Waals surface area contributed by atoms with Crippen LogP contribution >= 0.6 is 23.1 Å². The lowest BCUT2D eigenvalue weighted by molar-refractivity contribution is 1.30. The summed E-state index contributed by atoms with van der Waals surface area (Å²) in [6.45, 7) is 0.437. The third-order valence-electron chi connectivity index (χ3n) is 1.10. The summed E-state index contributed by atoms with van der Waals surface area (Å²) in [6.07, 6.45) is 2.06. The molecule has 0 atom stereocenters. The molecule has 1 aromatic rings. The lowest BCUT2D eigenvalue weighted by Gasteiger charge is -1.81. The average Bonchev–Trinajstić information content (AvgIpc) is 2.48. The topological polar surface area (TPSA) is 26.0 Å². The van der Waals surface area contributed by atoms with Crippen LogP contribution in [-0.4, -0.2) is 12.8 Å². The van der Waals surface area contributed by atoms with E-state index in [-0.39, 0.29) is 0 Å². The molecule has 0 fully saturated rings. The molecule has 58 valence electrons. The molecule has 0 bridgehead atoms. The van der Waals surface area contributed by atoms with E-state index in [9.17, 15) is 0 Å². The van der Waals surface area contributed by atoms with Crippen molar-refractivity contribution < 1.29 is 0 Å². The Morgan fingerprint density at radius 2 is 2.45 bits per heavy atom. The van der Waals surface area contributed by atoms with Crippen LogP contribution in [0.25, 0.3) is 0 Å². The summed E-state index contributed by atoms with van der Waals surface area (Å²) in [7, 11) is 0. The van der Waals surface area contributed by atoms with Gasteiger partial charge in [-0.25, -0.2) is 0 Å². The van der Waals surface area contributed by atoms with Gasteiger partial charge in [-0.1, -0.05) is 11.8 Å². The van der Waals surface area contributed by atoms with E-state index in [4.69, 9.17) is 5.73 Å². The summed E-state index contributed by atoms with van der Waals surface area (Å²) in [4.78, 5) is 1.10. The van der Waals surface area contributed by atoms with Crippen molar-refractivity contribution in [1.29, 1.82) is 0 Å². The first-order valence-electron chi connectivity index (χ1n) is 3.19. The van der Waals surface area contributed by atoms with Gasteiger partial charge in [0.05, 0.1) is 15.6 Å². The molecule has 0 aliphatic carbocycles. The smallest absolute Gasteiger partial charge is 0.0780 e. The van der Waals surface area contributed by atoms with Gasteiger partial charge in [-0.15, -0.1) is 23.1 Å². The number of rotatable bonds is 1. The largest absolute Gasteiger partial charge is 0.320 e. The Balaban J connectivity index is 2.72. The van der Waals surface area contributed by atoms with Crippen LogP contribution in [0.1, 0.15) is 4.88 Å². The molecule has 0 aromatic carbocycles. The van der Waals surface area contributed by atoms with Gasteiger partial charge in [-0.2, -0.15) is 0 Å². The minimum absolute atomic E-state index is 0.437. The van der Waals surface area contributed by atoms with E-state index in [0.717, 1.165) is 4.88 Å². The molecule has 1 rings (SSSR count). The number of hydrogen-bond donors (Lipinski definition) is 1. The Labute approximate surface area is 75.0 Å². The lowest BCUT2D eigenvalue weighted by atomic mass is 10.4. The van der Waals surface area contributed by atoms with E-state index in [0.29, 0.717) is 6.54 Å². The van der Waals surface area contributed by atoms with Crippen molar-refractivity contribution in [2.24, 2.45) is 5.73 Å². The molecule has 0 saturated carbocycles. The minimum atomic E-state index is 0.437. The number of nitrogens with two attached hydrogens (primary N) is 1. The molecule has 0 spiro atoms. The van der Waals surface area contributed by atoms with Crippen LogP contribution in [0.2, 0.25) is 0 Å². The molecule has 0 aliphatic rings. The maximum atomic E-state index is 5.24. The first kappa shape index (κ1) is 8.66. The zero-order chi connectivity index (χ0) is 8.10. The molecule has 1 heterocycles. The molecule has 0 unspecified atom stereocenters. The summed E-state index contributed by atoms with van der Waals surface area (Å²) in [5.74, 6) is 5.81.